The van der Waals surface area contributed by atoms with E-state index in [1.165, 1.54) is 12.1 Å². The van der Waals surface area contributed by atoms with E-state index in [4.69, 9.17) is 32.7 Å². The van der Waals surface area contributed by atoms with Crippen molar-refractivity contribution in [1.29, 1.82) is 0 Å². The maximum atomic E-state index is 13.2. The number of ether oxygens (including phenoxy) is 2. The fraction of sp³-hybridized carbons (Fsp3) is 0.250. The van der Waals surface area contributed by atoms with Crippen molar-refractivity contribution >= 4 is 23.2 Å². The smallest absolute Gasteiger partial charge is 0.161 e. The van der Waals surface area contributed by atoms with Gasteiger partial charge in [-0.15, -0.1) is 11.6 Å². The summed E-state index contributed by atoms with van der Waals surface area (Å²) in [5.74, 6) is 0.948. The minimum atomic E-state index is -0.456. The lowest BCUT2D eigenvalue weighted by Gasteiger charge is -2.14. The lowest BCUT2D eigenvalue weighted by molar-refractivity contribution is 0.297. The van der Waals surface area contributed by atoms with Gasteiger partial charge in [-0.05, 0) is 35.4 Å². The van der Waals surface area contributed by atoms with Gasteiger partial charge in [0, 0.05) is 6.42 Å². The van der Waals surface area contributed by atoms with Gasteiger partial charge in [-0.2, -0.15) is 0 Å². The minimum Gasteiger partial charge on any atom is -0.490 e. The van der Waals surface area contributed by atoms with Crippen LogP contribution in [0.4, 0.5) is 4.39 Å². The first kappa shape index (κ1) is 14.5. The van der Waals surface area contributed by atoms with Crippen molar-refractivity contribution in [3.63, 3.8) is 0 Å². The van der Waals surface area contributed by atoms with Crippen LogP contribution in [0, 0.1) is 5.82 Å². The average molecular weight is 327 g/mol. The van der Waals surface area contributed by atoms with Crippen molar-refractivity contribution in [1.82, 2.24) is 0 Å². The molecule has 0 saturated carbocycles. The van der Waals surface area contributed by atoms with E-state index in [9.17, 15) is 4.39 Å². The zero-order chi connectivity index (χ0) is 14.8. The second-order valence-electron chi connectivity index (χ2n) is 4.79. The molecule has 21 heavy (non-hydrogen) atoms. The molecule has 5 heteroatoms. The molecule has 1 aliphatic rings. The number of rotatable bonds is 2. The van der Waals surface area contributed by atoms with Crippen LogP contribution >= 0.6 is 23.2 Å². The van der Waals surface area contributed by atoms with Crippen LogP contribution < -0.4 is 9.47 Å². The molecule has 2 aromatic carbocycles. The van der Waals surface area contributed by atoms with Crippen molar-refractivity contribution < 1.29 is 13.9 Å². The summed E-state index contributed by atoms with van der Waals surface area (Å²) in [5, 5.41) is -0.368. The number of halogens is 3. The van der Waals surface area contributed by atoms with Crippen LogP contribution in [0.5, 0.6) is 11.5 Å². The third kappa shape index (κ3) is 3.09. The lowest BCUT2D eigenvalue weighted by atomic mass is 10.0. The molecule has 3 rings (SSSR count). The van der Waals surface area contributed by atoms with E-state index >= 15 is 0 Å². The molecule has 0 amide bonds. The third-order valence-electron chi connectivity index (χ3n) is 3.30. The SMILES string of the molecule is Fc1ccc(C(Cl)c2ccc3c(c2)OCCCO3)cc1Cl. The Morgan fingerprint density at radius 2 is 1.62 bits per heavy atom. The Bertz CT molecular complexity index is 661. The Labute approximate surface area is 132 Å². The topological polar surface area (TPSA) is 18.5 Å². The van der Waals surface area contributed by atoms with Crippen molar-refractivity contribution in [3.05, 3.63) is 58.4 Å². The summed E-state index contributed by atoms with van der Waals surface area (Å²) in [6.45, 7) is 1.26. The van der Waals surface area contributed by atoms with Crippen LogP contribution in [-0.2, 0) is 0 Å². The molecule has 2 nitrogen and oxygen atoms in total. The molecule has 1 atom stereocenters. The van der Waals surface area contributed by atoms with Crippen LogP contribution in [0.25, 0.3) is 0 Å². The van der Waals surface area contributed by atoms with Gasteiger partial charge < -0.3 is 9.47 Å². The lowest BCUT2D eigenvalue weighted by Crippen LogP contribution is -1.98. The first-order valence-corrected chi connectivity index (χ1v) is 7.45. The van der Waals surface area contributed by atoms with Gasteiger partial charge in [-0.1, -0.05) is 23.7 Å². The first-order chi connectivity index (χ1) is 10.1. The summed E-state index contributed by atoms with van der Waals surface area (Å²) < 4.78 is 24.5. The summed E-state index contributed by atoms with van der Waals surface area (Å²) >= 11 is 12.3. The summed E-state index contributed by atoms with van der Waals surface area (Å²) in [7, 11) is 0. The van der Waals surface area contributed by atoms with Crippen LogP contribution in [0.2, 0.25) is 5.02 Å². The Hall–Kier alpha value is -1.45. The zero-order valence-corrected chi connectivity index (χ0v) is 12.6. The number of alkyl halides is 1. The van der Waals surface area contributed by atoms with Crippen LogP contribution in [0.3, 0.4) is 0 Å². The molecule has 0 spiro atoms. The number of hydrogen-bond donors (Lipinski definition) is 0. The summed E-state index contributed by atoms with van der Waals surface area (Å²) in [5.41, 5.74) is 1.58. The van der Waals surface area contributed by atoms with Crippen molar-refractivity contribution in [2.45, 2.75) is 11.8 Å². The van der Waals surface area contributed by atoms with Crippen molar-refractivity contribution in [2.24, 2.45) is 0 Å². The summed E-state index contributed by atoms with van der Waals surface area (Å²) in [6, 6.07) is 10.1. The Balaban J connectivity index is 1.92. The van der Waals surface area contributed by atoms with Gasteiger partial charge >= 0.3 is 0 Å². The molecule has 1 aliphatic heterocycles. The molecule has 0 fully saturated rings. The molecule has 0 aromatic heterocycles. The molecular formula is C16H13Cl2FO2. The van der Waals surface area contributed by atoms with E-state index in [1.54, 1.807) is 6.07 Å². The standard InChI is InChI=1S/C16H13Cl2FO2/c17-12-8-10(2-4-13(12)19)16(18)11-3-5-14-15(9-11)21-7-1-6-20-14/h2-5,8-9,16H,1,6-7H2. The van der Waals surface area contributed by atoms with Crippen molar-refractivity contribution in [2.75, 3.05) is 13.2 Å². The molecule has 0 bridgehead atoms. The van der Waals surface area contributed by atoms with E-state index < -0.39 is 11.2 Å². The van der Waals surface area contributed by atoms with Crippen LogP contribution in [0.1, 0.15) is 22.9 Å². The van der Waals surface area contributed by atoms with Gasteiger partial charge in [-0.25, -0.2) is 4.39 Å². The Kier molecular flexibility index (Phi) is 4.22. The van der Waals surface area contributed by atoms with Crippen molar-refractivity contribution in [3.8, 4) is 11.5 Å². The quantitative estimate of drug-likeness (QED) is 0.725. The number of hydrogen-bond acceptors (Lipinski definition) is 2. The fourth-order valence-corrected chi connectivity index (χ4v) is 2.66. The van der Waals surface area contributed by atoms with Gasteiger partial charge in [-0.3, -0.25) is 0 Å². The van der Waals surface area contributed by atoms with E-state index in [2.05, 4.69) is 0 Å². The highest BCUT2D eigenvalue weighted by atomic mass is 35.5. The largest absolute Gasteiger partial charge is 0.490 e. The van der Waals surface area contributed by atoms with Gasteiger partial charge in [0.15, 0.2) is 11.5 Å². The maximum absolute atomic E-state index is 13.2. The van der Waals surface area contributed by atoms with E-state index in [0.29, 0.717) is 19.0 Å². The predicted molar refractivity (Wildman–Crippen MR) is 81.2 cm³/mol. The normalized spacial score (nSPS) is 15.4. The zero-order valence-electron chi connectivity index (χ0n) is 11.1. The molecule has 0 radical (unpaired) electrons. The van der Waals surface area contributed by atoms with Gasteiger partial charge in [0.1, 0.15) is 5.82 Å². The van der Waals surface area contributed by atoms with E-state index in [-0.39, 0.29) is 5.02 Å². The molecule has 0 N–H and O–H groups in total. The van der Waals surface area contributed by atoms with Crippen LogP contribution in [0.15, 0.2) is 36.4 Å². The highest BCUT2D eigenvalue weighted by Crippen LogP contribution is 2.37. The molecular weight excluding hydrogens is 314 g/mol. The van der Waals surface area contributed by atoms with E-state index in [1.807, 2.05) is 18.2 Å². The fourth-order valence-electron chi connectivity index (χ4n) is 2.20. The van der Waals surface area contributed by atoms with Gasteiger partial charge in [0.25, 0.3) is 0 Å². The average Bonchev–Trinajstić information content (AvgIpc) is 2.73. The predicted octanol–water partition coefficient (Wildman–Crippen LogP) is 4.97. The Morgan fingerprint density at radius 3 is 2.38 bits per heavy atom. The summed E-state index contributed by atoms with van der Waals surface area (Å²) in [6.07, 6.45) is 0.849. The first-order valence-electron chi connectivity index (χ1n) is 6.64. The Morgan fingerprint density at radius 1 is 0.952 bits per heavy atom. The summed E-state index contributed by atoms with van der Waals surface area (Å²) in [4.78, 5) is 0. The molecule has 0 aliphatic carbocycles. The molecule has 1 heterocycles. The monoisotopic (exact) mass is 326 g/mol. The number of fused-ring (bicyclic) bond motifs is 1. The highest BCUT2D eigenvalue weighted by Gasteiger charge is 2.17. The number of benzene rings is 2. The minimum absolute atomic E-state index is 0.0625. The maximum Gasteiger partial charge on any atom is 0.161 e. The second-order valence-corrected chi connectivity index (χ2v) is 5.64. The molecule has 2 aromatic rings. The molecule has 0 saturated heterocycles. The molecule has 1 unspecified atom stereocenters. The molecule has 110 valence electrons. The second kappa shape index (κ2) is 6.12. The van der Waals surface area contributed by atoms with Crippen LogP contribution in [-0.4, -0.2) is 13.2 Å². The van der Waals surface area contributed by atoms with E-state index in [0.717, 1.165) is 23.3 Å². The highest BCUT2D eigenvalue weighted by molar-refractivity contribution is 6.31. The van der Waals surface area contributed by atoms with Gasteiger partial charge in [0.05, 0.1) is 23.6 Å². The van der Waals surface area contributed by atoms with Gasteiger partial charge in [0.2, 0.25) is 0 Å². The third-order valence-corrected chi connectivity index (χ3v) is 4.09.